The highest BCUT2D eigenvalue weighted by atomic mass is 15.1. The highest BCUT2D eigenvalue weighted by Gasteiger charge is 2.30. The molecule has 9 rings (SSSR count). The van der Waals surface area contributed by atoms with E-state index in [-0.39, 0.29) is 0 Å². The van der Waals surface area contributed by atoms with Gasteiger partial charge in [0.15, 0.2) is 11.0 Å². The van der Waals surface area contributed by atoms with Crippen LogP contribution in [0.2, 0.25) is 0 Å². The molecule has 0 aliphatic heterocycles. The van der Waals surface area contributed by atoms with Crippen molar-refractivity contribution in [1.29, 1.82) is 0 Å². The molecule has 0 unspecified atom stereocenters. The first-order chi connectivity index (χ1) is 22.3. The average molecular weight is 576 g/mol. The maximum Gasteiger partial charge on any atom is 0.260 e. The molecule has 0 amide bonds. The lowest BCUT2D eigenvalue weighted by Gasteiger charge is -2.21. The van der Waals surface area contributed by atoms with Gasteiger partial charge in [0.05, 0.1) is 0 Å². The van der Waals surface area contributed by atoms with Crippen LogP contribution in [0.1, 0.15) is 12.7 Å². The minimum Gasteiger partial charge on any atom is -0.240 e. The largest absolute Gasteiger partial charge is 0.260 e. The molecule has 2 nitrogen and oxygen atoms in total. The predicted octanol–water partition coefficient (Wildman–Crippen LogP) is 10.8. The highest BCUT2D eigenvalue weighted by molar-refractivity contribution is 6.22. The fraction of sp³-hybridized carbons (Fsp3) is 0.0465. The predicted molar refractivity (Wildman–Crippen MR) is 187 cm³/mol. The number of imidazole rings is 1. The first-order valence-corrected chi connectivity index (χ1v) is 15.8. The standard InChI is InChI=1S/C43H30N2/c1-2-39-44-37-24-9-10-25-38(37)45(39)32-21-11-20-31(26-32)36-27-35(28-14-5-3-6-15-28)42-33-22-12-18-29-19-13-23-34(40(29)33)43(42)41(36)30-16-7-4-8-17-30/h3-27H,2H2,1H3/p+1. The van der Waals surface area contributed by atoms with Crippen LogP contribution >= 0.6 is 0 Å². The summed E-state index contributed by atoms with van der Waals surface area (Å²) in [5, 5.41) is 2.63. The summed E-state index contributed by atoms with van der Waals surface area (Å²) in [6.45, 7) is 2.21. The summed E-state index contributed by atoms with van der Waals surface area (Å²) in [6, 6.07) is 55.5. The van der Waals surface area contributed by atoms with E-state index < -0.39 is 0 Å². The van der Waals surface area contributed by atoms with Gasteiger partial charge in [-0.05, 0) is 96.7 Å². The second-order valence-corrected chi connectivity index (χ2v) is 11.9. The number of aromatic nitrogens is 2. The number of aryl methyl sites for hydroxylation is 1. The summed E-state index contributed by atoms with van der Waals surface area (Å²) in [7, 11) is 0. The summed E-state index contributed by atoms with van der Waals surface area (Å²) in [4.78, 5) is 3.66. The van der Waals surface area contributed by atoms with Crippen LogP contribution < -0.4 is 4.57 Å². The summed E-state index contributed by atoms with van der Waals surface area (Å²) in [5.74, 6) is 1.19. The van der Waals surface area contributed by atoms with E-state index in [0.717, 1.165) is 17.6 Å². The van der Waals surface area contributed by atoms with E-state index in [4.69, 9.17) is 0 Å². The van der Waals surface area contributed by atoms with E-state index in [1.54, 1.807) is 0 Å². The van der Waals surface area contributed by atoms with Gasteiger partial charge in [0.1, 0.15) is 5.69 Å². The average Bonchev–Trinajstić information content (AvgIpc) is 3.66. The smallest absolute Gasteiger partial charge is 0.240 e. The van der Waals surface area contributed by atoms with E-state index in [1.165, 1.54) is 77.7 Å². The lowest BCUT2D eigenvalue weighted by atomic mass is 9.82. The molecule has 1 heterocycles. The van der Waals surface area contributed by atoms with Crippen molar-refractivity contribution in [3.63, 3.8) is 0 Å². The zero-order valence-electron chi connectivity index (χ0n) is 25.1. The molecule has 1 aliphatic rings. The van der Waals surface area contributed by atoms with Gasteiger partial charge < -0.3 is 0 Å². The van der Waals surface area contributed by atoms with Gasteiger partial charge in [-0.15, -0.1) is 0 Å². The van der Waals surface area contributed by atoms with Crippen LogP contribution in [-0.2, 0) is 6.42 Å². The minimum absolute atomic E-state index is 0.910. The van der Waals surface area contributed by atoms with Crippen LogP contribution in [0.3, 0.4) is 0 Å². The van der Waals surface area contributed by atoms with Crippen LogP contribution in [0.25, 0.3) is 83.1 Å². The molecule has 212 valence electrons. The first-order valence-electron chi connectivity index (χ1n) is 15.8. The topological polar surface area (TPSA) is 19.7 Å². The summed E-state index contributed by atoms with van der Waals surface area (Å²) < 4.78 is 2.38. The number of para-hydroxylation sites is 2. The van der Waals surface area contributed by atoms with Gasteiger partial charge in [-0.25, -0.2) is 4.98 Å². The molecule has 0 saturated carbocycles. The fourth-order valence-corrected chi connectivity index (χ4v) is 7.45. The van der Waals surface area contributed by atoms with Crippen LogP contribution in [0.5, 0.6) is 0 Å². The summed E-state index contributed by atoms with van der Waals surface area (Å²) in [5.41, 5.74) is 16.2. The van der Waals surface area contributed by atoms with Gasteiger partial charge in [0.25, 0.3) is 5.82 Å². The maximum atomic E-state index is 3.66. The van der Waals surface area contributed by atoms with Crippen LogP contribution in [0.4, 0.5) is 0 Å². The summed E-state index contributed by atoms with van der Waals surface area (Å²) >= 11 is 0. The van der Waals surface area contributed by atoms with Crippen LogP contribution in [0, 0.1) is 0 Å². The molecule has 0 saturated heterocycles. The van der Waals surface area contributed by atoms with E-state index in [1.807, 2.05) is 0 Å². The number of benzene rings is 7. The Morgan fingerprint density at radius 3 is 1.87 bits per heavy atom. The fourth-order valence-electron chi connectivity index (χ4n) is 7.45. The van der Waals surface area contributed by atoms with Gasteiger partial charge >= 0.3 is 0 Å². The van der Waals surface area contributed by atoms with E-state index in [9.17, 15) is 0 Å². The number of H-pyrrole nitrogens is 1. The highest BCUT2D eigenvalue weighted by Crippen LogP contribution is 2.57. The lowest BCUT2D eigenvalue weighted by Crippen LogP contribution is -2.33. The van der Waals surface area contributed by atoms with Crippen molar-refractivity contribution in [2.75, 3.05) is 0 Å². The van der Waals surface area contributed by atoms with Crippen molar-refractivity contribution in [2.24, 2.45) is 0 Å². The van der Waals surface area contributed by atoms with E-state index in [0.29, 0.717) is 0 Å². The molecule has 0 spiro atoms. The van der Waals surface area contributed by atoms with Crippen molar-refractivity contribution in [2.45, 2.75) is 13.3 Å². The normalized spacial score (nSPS) is 11.8. The number of fused-ring (bicyclic) bond motifs is 4. The Kier molecular flexibility index (Phi) is 5.82. The number of rotatable bonds is 5. The van der Waals surface area contributed by atoms with Crippen LogP contribution in [0.15, 0.2) is 152 Å². The number of hydrogen-bond donors (Lipinski definition) is 1. The van der Waals surface area contributed by atoms with Crippen molar-refractivity contribution in [3.05, 3.63) is 157 Å². The van der Waals surface area contributed by atoms with Gasteiger partial charge in [0, 0.05) is 6.42 Å². The third-order valence-corrected chi connectivity index (χ3v) is 9.36. The Hall–Kier alpha value is -5.73. The maximum absolute atomic E-state index is 3.66. The lowest BCUT2D eigenvalue weighted by molar-refractivity contribution is -0.576. The Morgan fingerprint density at radius 1 is 0.489 bits per heavy atom. The van der Waals surface area contributed by atoms with Gasteiger partial charge in [0.2, 0.25) is 0 Å². The Balaban J connectivity index is 1.40. The van der Waals surface area contributed by atoms with E-state index in [2.05, 4.69) is 168 Å². The van der Waals surface area contributed by atoms with Crippen molar-refractivity contribution < 1.29 is 4.57 Å². The molecule has 2 heteroatoms. The molecular formula is C43H31N2+. The number of nitrogens with one attached hydrogen (secondary N) is 1. The minimum atomic E-state index is 0.910. The van der Waals surface area contributed by atoms with E-state index >= 15 is 0 Å². The van der Waals surface area contributed by atoms with Gasteiger partial charge in [-0.3, -0.25) is 0 Å². The number of aromatic amines is 1. The second-order valence-electron chi connectivity index (χ2n) is 11.9. The molecular weight excluding hydrogens is 544 g/mol. The number of nitrogens with zero attached hydrogens (tertiary/aromatic N) is 1. The van der Waals surface area contributed by atoms with Crippen molar-refractivity contribution >= 4 is 21.8 Å². The zero-order valence-corrected chi connectivity index (χ0v) is 25.1. The third-order valence-electron chi connectivity index (χ3n) is 9.36. The van der Waals surface area contributed by atoms with Gasteiger partial charge in [-0.1, -0.05) is 128 Å². The monoisotopic (exact) mass is 575 g/mol. The van der Waals surface area contributed by atoms with Crippen LogP contribution in [-0.4, -0.2) is 4.98 Å². The molecule has 45 heavy (non-hydrogen) atoms. The third kappa shape index (κ3) is 3.92. The Labute approximate surface area is 262 Å². The molecule has 0 radical (unpaired) electrons. The molecule has 7 aromatic carbocycles. The summed E-state index contributed by atoms with van der Waals surface area (Å²) in [6.07, 6.45) is 0.910. The van der Waals surface area contributed by atoms with Gasteiger partial charge in [-0.2, -0.15) is 4.57 Å². The molecule has 1 N–H and O–H groups in total. The molecule has 8 aromatic rings. The molecule has 1 aliphatic carbocycles. The molecule has 1 aromatic heterocycles. The second kappa shape index (κ2) is 10.2. The molecule has 0 bridgehead atoms. The Morgan fingerprint density at radius 2 is 1.11 bits per heavy atom. The molecule has 0 atom stereocenters. The molecule has 0 fully saturated rings. The SMILES string of the molecule is CCc1[nH]c2ccccc2[n+]1-c1cccc(-c2cc(-c3ccccc3)c3c(c2-c2ccccc2)-c2cccc4cccc-3c24)c1. The van der Waals surface area contributed by atoms with Crippen molar-refractivity contribution in [3.8, 4) is 61.3 Å². The quantitative estimate of drug-likeness (QED) is 0.197. The Bertz CT molecular complexity index is 2390. The number of hydrogen-bond acceptors (Lipinski definition) is 0. The first kappa shape index (κ1) is 25.7. The van der Waals surface area contributed by atoms with Crippen molar-refractivity contribution in [1.82, 2.24) is 4.98 Å². The zero-order chi connectivity index (χ0) is 29.9.